The average Bonchev–Trinajstić information content (AvgIpc) is 2.99. The number of nitrogens with zero attached hydrogens (tertiary/aromatic N) is 3. The van der Waals surface area contributed by atoms with E-state index in [1.54, 1.807) is 6.33 Å². The van der Waals surface area contributed by atoms with E-state index >= 15 is 0 Å². The summed E-state index contributed by atoms with van der Waals surface area (Å²) in [4.78, 5) is 15.3. The largest absolute Gasteiger partial charge is 0.368 e. The van der Waals surface area contributed by atoms with E-state index in [1.165, 1.54) is 5.56 Å². The van der Waals surface area contributed by atoms with Gasteiger partial charge in [0.15, 0.2) is 11.5 Å². The normalized spacial score (nSPS) is 10.2. The van der Waals surface area contributed by atoms with Crippen LogP contribution >= 0.6 is 27.5 Å². The highest BCUT2D eigenvalue weighted by atomic mass is 79.9. The first kappa shape index (κ1) is 16.7. The Kier molecular flexibility index (Phi) is 6.15. The zero-order valence-corrected chi connectivity index (χ0v) is 14.7. The molecular formula is C15H17BrClN5. The summed E-state index contributed by atoms with van der Waals surface area (Å²) in [7, 11) is 0. The zero-order valence-electron chi connectivity index (χ0n) is 12.4. The summed E-state index contributed by atoms with van der Waals surface area (Å²) in [6, 6.07) is 8.24. The van der Waals surface area contributed by atoms with E-state index in [1.807, 2.05) is 26.0 Å². The Morgan fingerprint density at radius 1 is 1.18 bits per heavy atom. The van der Waals surface area contributed by atoms with Crippen molar-refractivity contribution in [2.24, 2.45) is 0 Å². The van der Waals surface area contributed by atoms with Gasteiger partial charge in [-0.25, -0.2) is 4.98 Å². The maximum absolute atomic E-state index is 5.87. The number of aromatic amines is 1. The Morgan fingerprint density at radius 3 is 2.64 bits per heavy atom. The molecule has 2 N–H and O–H groups in total. The zero-order chi connectivity index (χ0) is 15.9. The van der Waals surface area contributed by atoms with Crippen LogP contribution in [-0.2, 0) is 6.42 Å². The number of nitrogens with one attached hydrogen (secondary N) is 2. The second kappa shape index (κ2) is 8.10. The number of rotatable bonds is 4. The third kappa shape index (κ3) is 4.18. The molecule has 0 radical (unpaired) electrons. The molecule has 7 heteroatoms. The highest BCUT2D eigenvalue weighted by molar-refractivity contribution is 9.10. The van der Waals surface area contributed by atoms with Crippen LogP contribution in [0.2, 0.25) is 5.28 Å². The quantitative estimate of drug-likeness (QED) is 0.654. The summed E-state index contributed by atoms with van der Waals surface area (Å²) in [5, 5.41) is 3.45. The summed E-state index contributed by atoms with van der Waals surface area (Å²) in [6.45, 7) is 4.75. The second-order valence-corrected chi connectivity index (χ2v) is 5.50. The van der Waals surface area contributed by atoms with Crippen molar-refractivity contribution >= 4 is 44.5 Å². The first-order chi connectivity index (χ1) is 10.7. The molecule has 2 heterocycles. The topological polar surface area (TPSA) is 66.5 Å². The van der Waals surface area contributed by atoms with Crippen LogP contribution in [0.1, 0.15) is 19.4 Å². The number of hydrogen-bond donors (Lipinski definition) is 2. The number of aromatic nitrogens is 4. The fourth-order valence-corrected chi connectivity index (χ4v) is 2.34. The lowest BCUT2D eigenvalue weighted by Crippen LogP contribution is -2.07. The van der Waals surface area contributed by atoms with Gasteiger partial charge in [0.05, 0.1) is 6.33 Å². The molecule has 22 heavy (non-hydrogen) atoms. The summed E-state index contributed by atoms with van der Waals surface area (Å²) < 4.78 is 1.08. The lowest BCUT2D eigenvalue weighted by atomic mass is 10.1. The number of imidazole rings is 1. The van der Waals surface area contributed by atoms with Crippen LogP contribution in [0.5, 0.6) is 0 Å². The van der Waals surface area contributed by atoms with Crippen molar-refractivity contribution in [3.8, 4) is 0 Å². The monoisotopic (exact) mass is 381 g/mol. The SMILES string of the molecule is CC.Clc1nc(NCCc2ccc(Br)cc2)c2[nH]cnc2n1. The predicted molar refractivity (Wildman–Crippen MR) is 94.4 cm³/mol. The predicted octanol–water partition coefficient (Wildman–Crippen LogP) is 4.45. The standard InChI is InChI=1S/C13H11BrClN5.C2H6/c14-9-3-1-8(2-4-9)5-6-16-11-10-12(18-7-17-10)20-13(15)19-11;1-2/h1-4,7H,5-6H2,(H2,16,17,18,19,20);1-2H3. The lowest BCUT2D eigenvalue weighted by molar-refractivity contribution is 1.00. The maximum Gasteiger partial charge on any atom is 0.226 e. The van der Waals surface area contributed by atoms with E-state index in [-0.39, 0.29) is 5.28 Å². The Balaban J connectivity index is 0.000000847. The van der Waals surface area contributed by atoms with Gasteiger partial charge in [0, 0.05) is 11.0 Å². The molecule has 0 aliphatic heterocycles. The third-order valence-electron chi connectivity index (χ3n) is 2.88. The molecular weight excluding hydrogens is 366 g/mol. The molecule has 3 rings (SSSR count). The van der Waals surface area contributed by atoms with Crippen LogP contribution in [-0.4, -0.2) is 26.5 Å². The molecule has 0 aliphatic rings. The molecule has 0 spiro atoms. The smallest absolute Gasteiger partial charge is 0.226 e. The van der Waals surface area contributed by atoms with E-state index in [2.05, 4.69) is 53.3 Å². The van der Waals surface area contributed by atoms with Crippen LogP contribution in [0.25, 0.3) is 11.2 Å². The van der Waals surface area contributed by atoms with E-state index in [0.29, 0.717) is 11.5 Å². The Bertz CT molecular complexity index is 726. The van der Waals surface area contributed by atoms with E-state index in [0.717, 1.165) is 23.0 Å². The fourth-order valence-electron chi connectivity index (χ4n) is 1.91. The van der Waals surface area contributed by atoms with Gasteiger partial charge in [-0.1, -0.05) is 41.9 Å². The van der Waals surface area contributed by atoms with Crippen LogP contribution < -0.4 is 5.32 Å². The summed E-state index contributed by atoms with van der Waals surface area (Å²) in [5.41, 5.74) is 2.59. The van der Waals surface area contributed by atoms with Crippen molar-refractivity contribution in [1.29, 1.82) is 0 Å². The summed E-state index contributed by atoms with van der Waals surface area (Å²) in [5.74, 6) is 0.676. The van der Waals surface area contributed by atoms with Gasteiger partial charge in [-0.05, 0) is 35.7 Å². The highest BCUT2D eigenvalue weighted by Crippen LogP contribution is 2.18. The van der Waals surface area contributed by atoms with Crippen molar-refractivity contribution in [2.45, 2.75) is 20.3 Å². The van der Waals surface area contributed by atoms with Crippen LogP contribution in [0.3, 0.4) is 0 Å². The number of benzene rings is 1. The Labute approximate surface area is 142 Å². The van der Waals surface area contributed by atoms with E-state index < -0.39 is 0 Å². The van der Waals surface area contributed by atoms with Crippen molar-refractivity contribution in [3.63, 3.8) is 0 Å². The minimum atomic E-state index is 0.191. The second-order valence-electron chi connectivity index (χ2n) is 4.25. The lowest BCUT2D eigenvalue weighted by Gasteiger charge is -2.06. The van der Waals surface area contributed by atoms with Crippen molar-refractivity contribution in [1.82, 2.24) is 19.9 Å². The van der Waals surface area contributed by atoms with Gasteiger partial charge in [0.1, 0.15) is 5.52 Å². The molecule has 0 fully saturated rings. The maximum atomic E-state index is 5.87. The average molecular weight is 383 g/mol. The molecule has 2 aromatic heterocycles. The van der Waals surface area contributed by atoms with Gasteiger partial charge in [-0.2, -0.15) is 9.97 Å². The molecule has 116 valence electrons. The minimum absolute atomic E-state index is 0.191. The number of halogens is 2. The molecule has 0 amide bonds. The molecule has 0 atom stereocenters. The van der Waals surface area contributed by atoms with Crippen LogP contribution in [0.15, 0.2) is 35.1 Å². The van der Waals surface area contributed by atoms with E-state index in [4.69, 9.17) is 11.6 Å². The van der Waals surface area contributed by atoms with Gasteiger partial charge in [-0.3, -0.25) is 0 Å². The molecule has 0 unspecified atom stereocenters. The first-order valence-electron chi connectivity index (χ1n) is 7.07. The van der Waals surface area contributed by atoms with E-state index in [9.17, 15) is 0 Å². The van der Waals surface area contributed by atoms with Gasteiger partial charge in [0.25, 0.3) is 0 Å². The Morgan fingerprint density at radius 2 is 1.91 bits per heavy atom. The molecule has 0 saturated carbocycles. The summed E-state index contributed by atoms with van der Waals surface area (Å²) in [6.07, 6.45) is 2.47. The van der Waals surface area contributed by atoms with Crippen molar-refractivity contribution < 1.29 is 0 Å². The third-order valence-corrected chi connectivity index (χ3v) is 3.58. The van der Waals surface area contributed by atoms with Crippen LogP contribution in [0.4, 0.5) is 5.82 Å². The number of H-pyrrole nitrogens is 1. The minimum Gasteiger partial charge on any atom is -0.368 e. The molecule has 0 saturated heterocycles. The molecule has 1 aromatic carbocycles. The number of anilines is 1. The highest BCUT2D eigenvalue weighted by Gasteiger charge is 2.08. The molecule has 5 nitrogen and oxygen atoms in total. The summed E-state index contributed by atoms with van der Waals surface area (Å²) >= 11 is 9.30. The fraction of sp³-hybridized carbons (Fsp3) is 0.267. The van der Waals surface area contributed by atoms with Crippen LogP contribution in [0, 0.1) is 0 Å². The van der Waals surface area contributed by atoms with Gasteiger partial charge in [-0.15, -0.1) is 0 Å². The molecule has 0 aliphatic carbocycles. The van der Waals surface area contributed by atoms with Crippen molar-refractivity contribution in [2.75, 3.05) is 11.9 Å². The number of fused-ring (bicyclic) bond motifs is 1. The van der Waals surface area contributed by atoms with Gasteiger partial charge in [0.2, 0.25) is 5.28 Å². The molecule has 0 bridgehead atoms. The number of hydrogen-bond acceptors (Lipinski definition) is 4. The Hall–Kier alpha value is -1.66. The first-order valence-corrected chi connectivity index (χ1v) is 8.24. The van der Waals surface area contributed by atoms with Gasteiger partial charge < -0.3 is 10.3 Å². The van der Waals surface area contributed by atoms with Crippen molar-refractivity contribution in [3.05, 3.63) is 45.9 Å². The molecule has 3 aromatic rings. The van der Waals surface area contributed by atoms with Gasteiger partial charge >= 0.3 is 0 Å².